The molecule has 0 aliphatic carbocycles. The summed E-state index contributed by atoms with van der Waals surface area (Å²) in [6.45, 7) is 1.83. The molecule has 2 aromatic heterocycles. The summed E-state index contributed by atoms with van der Waals surface area (Å²) < 4.78 is 2.45. The van der Waals surface area contributed by atoms with Crippen LogP contribution < -0.4 is 27.8 Å². The zero-order valence-electron chi connectivity index (χ0n) is 20.1. The highest BCUT2D eigenvalue weighted by atomic mass is 16.2. The second-order valence-corrected chi connectivity index (χ2v) is 8.59. The number of aryl methyl sites for hydroxylation is 1. The number of pyridine rings is 1. The number of fused-ring (bicyclic) bond motifs is 1. The predicted octanol–water partition coefficient (Wildman–Crippen LogP) is 3.75. The van der Waals surface area contributed by atoms with Crippen LogP contribution in [0.3, 0.4) is 0 Å². The van der Waals surface area contributed by atoms with Gasteiger partial charge in [-0.3, -0.25) is 19.4 Å². The number of rotatable bonds is 5. The topological polar surface area (TPSA) is 112 Å². The van der Waals surface area contributed by atoms with Crippen molar-refractivity contribution in [3.05, 3.63) is 112 Å². The van der Waals surface area contributed by atoms with Gasteiger partial charge in [-0.1, -0.05) is 66.1 Å². The number of terminal acetylenes is 1. The zero-order valence-corrected chi connectivity index (χ0v) is 20.1. The van der Waals surface area contributed by atoms with Gasteiger partial charge in [0.15, 0.2) is 0 Å². The van der Waals surface area contributed by atoms with E-state index in [-0.39, 0.29) is 12.2 Å². The molecule has 8 heteroatoms. The lowest BCUT2D eigenvalue weighted by Crippen LogP contribution is -2.44. The molecule has 0 fully saturated rings. The minimum Gasteiger partial charge on any atom is -0.397 e. The van der Waals surface area contributed by atoms with Crippen LogP contribution in [0.1, 0.15) is 5.56 Å². The van der Waals surface area contributed by atoms with E-state index in [9.17, 15) is 9.59 Å². The first-order valence-corrected chi connectivity index (χ1v) is 11.5. The van der Waals surface area contributed by atoms with Gasteiger partial charge in [0.1, 0.15) is 5.69 Å². The normalized spacial score (nSPS) is 10.8. The second-order valence-electron chi connectivity index (χ2n) is 8.59. The molecule has 0 atom stereocenters. The van der Waals surface area contributed by atoms with E-state index in [0.29, 0.717) is 33.7 Å². The molecule has 0 spiro atoms. The zero-order chi connectivity index (χ0) is 26.1. The summed E-state index contributed by atoms with van der Waals surface area (Å²) in [5.74, 6) is 9.18. The van der Waals surface area contributed by atoms with Gasteiger partial charge in [0.05, 0.1) is 35.5 Å². The summed E-state index contributed by atoms with van der Waals surface area (Å²) in [6.07, 6.45) is 8.87. The number of hydrogen-bond donors (Lipinski definition) is 2. The van der Waals surface area contributed by atoms with E-state index in [1.807, 2.05) is 55.5 Å². The summed E-state index contributed by atoms with van der Waals surface area (Å²) in [7, 11) is 0. The van der Waals surface area contributed by atoms with Crippen molar-refractivity contribution >= 4 is 27.8 Å². The summed E-state index contributed by atoms with van der Waals surface area (Å²) >= 11 is 0. The van der Waals surface area contributed by atoms with Crippen LogP contribution in [-0.4, -0.2) is 14.1 Å². The van der Waals surface area contributed by atoms with Crippen LogP contribution >= 0.6 is 0 Å². The van der Waals surface area contributed by atoms with Crippen LogP contribution in [0.25, 0.3) is 27.7 Å². The number of benzene rings is 3. The SMILES string of the molecule is C#CCn1c(-c2cccc(C)c2)c(N(N)c2ccccc2N)c(=O)n(-c2cncc3ccccc23)c1=O. The fraction of sp³-hybridized carbons (Fsp3) is 0.0690. The fourth-order valence-corrected chi connectivity index (χ4v) is 4.50. The molecule has 2 heterocycles. The van der Waals surface area contributed by atoms with Gasteiger partial charge in [0.2, 0.25) is 0 Å². The molecule has 0 unspecified atom stereocenters. The summed E-state index contributed by atoms with van der Waals surface area (Å²) in [6, 6.07) is 21.8. The first-order valence-electron chi connectivity index (χ1n) is 11.5. The summed E-state index contributed by atoms with van der Waals surface area (Å²) in [4.78, 5) is 32.6. The van der Waals surface area contributed by atoms with E-state index in [2.05, 4.69) is 10.9 Å². The standard InChI is InChI=1S/C29H24N6O2/c1-3-15-33-26(20-11-8-9-19(2)16-20)27(35(31)24-14-7-6-13-23(24)30)28(36)34(29(33)37)25-18-32-17-21-10-4-5-12-22(21)25/h1,4-14,16-18H,15,30-31H2,2H3. The molecule has 37 heavy (non-hydrogen) atoms. The van der Waals surface area contributed by atoms with Crippen LogP contribution in [0.4, 0.5) is 17.1 Å². The van der Waals surface area contributed by atoms with Crippen LogP contribution in [0.15, 0.2) is 94.8 Å². The summed E-state index contributed by atoms with van der Waals surface area (Å²) in [5.41, 5.74) is 8.00. The van der Waals surface area contributed by atoms with Gasteiger partial charge in [-0.05, 0) is 25.1 Å². The number of para-hydroxylation sites is 2. The molecule has 5 aromatic rings. The lowest BCUT2D eigenvalue weighted by atomic mass is 10.1. The molecule has 5 rings (SSSR count). The van der Waals surface area contributed by atoms with E-state index < -0.39 is 11.2 Å². The van der Waals surface area contributed by atoms with Crippen LogP contribution in [0.2, 0.25) is 0 Å². The average Bonchev–Trinajstić information content (AvgIpc) is 2.90. The van der Waals surface area contributed by atoms with Gasteiger partial charge >= 0.3 is 5.69 Å². The number of hydrogen-bond acceptors (Lipinski definition) is 6. The molecule has 0 saturated heterocycles. The molecule has 3 aromatic carbocycles. The average molecular weight is 489 g/mol. The van der Waals surface area contributed by atoms with Gasteiger partial charge < -0.3 is 5.73 Å². The fourth-order valence-electron chi connectivity index (χ4n) is 4.50. The minimum atomic E-state index is -0.626. The number of nitrogens with zero attached hydrogens (tertiary/aromatic N) is 4. The maximum atomic E-state index is 14.3. The van der Waals surface area contributed by atoms with Crippen LogP contribution in [0.5, 0.6) is 0 Å². The molecule has 4 N–H and O–H groups in total. The molecule has 0 amide bonds. The molecule has 0 saturated carbocycles. The molecular formula is C29H24N6O2. The largest absolute Gasteiger partial charge is 0.397 e. The Kier molecular flexibility index (Phi) is 6.05. The van der Waals surface area contributed by atoms with Gasteiger partial charge in [-0.25, -0.2) is 15.2 Å². The minimum absolute atomic E-state index is 0.0475. The van der Waals surface area contributed by atoms with Crippen molar-refractivity contribution < 1.29 is 0 Å². The molecule has 182 valence electrons. The van der Waals surface area contributed by atoms with Crippen molar-refractivity contribution in [2.45, 2.75) is 13.5 Å². The first kappa shape index (κ1) is 23.6. The highest BCUT2D eigenvalue weighted by molar-refractivity contribution is 5.90. The Morgan fingerprint density at radius 3 is 2.51 bits per heavy atom. The van der Waals surface area contributed by atoms with Crippen molar-refractivity contribution in [3.63, 3.8) is 0 Å². The highest BCUT2D eigenvalue weighted by Gasteiger charge is 2.26. The second kappa shape index (κ2) is 9.49. The Labute approximate surface area is 213 Å². The number of nitrogen functional groups attached to an aromatic ring is 1. The molecular weight excluding hydrogens is 464 g/mol. The van der Waals surface area contributed by atoms with Gasteiger partial charge in [0, 0.05) is 22.5 Å². The number of anilines is 3. The molecule has 0 bridgehead atoms. The van der Waals surface area contributed by atoms with Crippen molar-refractivity contribution in [2.75, 3.05) is 10.7 Å². The monoisotopic (exact) mass is 488 g/mol. The smallest absolute Gasteiger partial charge is 0.337 e. The number of nitrogens with two attached hydrogens (primary N) is 2. The third-order valence-corrected chi connectivity index (χ3v) is 6.19. The van der Waals surface area contributed by atoms with E-state index in [4.69, 9.17) is 18.0 Å². The first-order chi connectivity index (χ1) is 17.9. The van der Waals surface area contributed by atoms with Crippen molar-refractivity contribution in [1.82, 2.24) is 14.1 Å². The lowest BCUT2D eigenvalue weighted by molar-refractivity contribution is 0.709. The van der Waals surface area contributed by atoms with Crippen molar-refractivity contribution in [3.8, 4) is 29.3 Å². The molecule has 0 aliphatic heterocycles. The van der Waals surface area contributed by atoms with E-state index in [1.54, 1.807) is 30.5 Å². The van der Waals surface area contributed by atoms with Crippen LogP contribution in [0, 0.1) is 19.3 Å². The molecule has 0 radical (unpaired) electrons. The highest BCUT2D eigenvalue weighted by Crippen LogP contribution is 2.33. The Morgan fingerprint density at radius 2 is 1.76 bits per heavy atom. The predicted molar refractivity (Wildman–Crippen MR) is 148 cm³/mol. The number of aromatic nitrogens is 3. The maximum absolute atomic E-state index is 14.3. The Hall–Kier alpha value is -5.13. The van der Waals surface area contributed by atoms with E-state index >= 15 is 0 Å². The molecule has 8 nitrogen and oxygen atoms in total. The third-order valence-electron chi connectivity index (χ3n) is 6.19. The van der Waals surface area contributed by atoms with E-state index in [1.165, 1.54) is 15.8 Å². The lowest BCUT2D eigenvalue weighted by Gasteiger charge is -2.26. The van der Waals surface area contributed by atoms with Crippen molar-refractivity contribution in [2.24, 2.45) is 5.84 Å². The third kappa shape index (κ3) is 4.03. The van der Waals surface area contributed by atoms with Crippen LogP contribution in [-0.2, 0) is 6.54 Å². The van der Waals surface area contributed by atoms with Gasteiger partial charge in [0.25, 0.3) is 5.56 Å². The van der Waals surface area contributed by atoms with E-state index in [0.717, 1.165) is 15.5 Å². The summed E-state index contributed by atoms with van der Waals surface area (Å²) in [5, 5.41) is 2.67. The van der Waals surface area contributed by atoms with Gasteiger partial charge in [-0.15, -0.1) is 6.42 Å². The van der Waals surface area contributed by atoms with Crippen molar-refractivity contribution in [1.29, 1.82) is 0 Å². The Bertz CT molecular complexity index is 1810. The Balaban J connectivity index is 1.96. The Morgan fingerprint density at radius 1 is 1.00 bits per heavy atom. The van der Waals surface area contributed by atoms with Gasteiger partial charge in [-0.2, -0.15) is 0 Å². The number of hydrazine groups is 1. The maximum Gasteiger partial charge on any atom is 0.337 e. The molecule has 0 aliphatic rings. The quantitative estimate of drug-likeness (QED) is 0.169.